The first-order valence-electron chi connectivity index (χ1n) is 9.92. The number of ether oxygens (including phenoxy) is 1. The van der Waals surface area contributed by atoms with Crippen LogP contribution < -0.4 is 15.5 Å². The van der Waals surface area contributed by atoms with E-state index in [0.29, 0.717) is 11.7 Å². The van der Waals surface area contributed by atoms with Gasteiger partial charge in [0.1, 0.15) is 11.4 Å². The summed E-state index contributed by atoms with van der Waals surface area (Å²) in [6.07, 6.45) is 4.25. The van der Waals surface area contributed by atoms with Crippen molar-refractivity contribution in [3.8, 4) is 17.3 Å². The molecule has 0 bridgehead atoms. The number of benzene rings is 1. The molecule has 29 heavy (non-hydrogen) atoms. The van der Waals surface area contributed by atoms with Gasteiger partial charge in [0.2, 0.25) is 0 Å². The largest absolute Gasteiger partial charge is 0.493 e. The molecule has 1 atom stereocenters. The molecule has 148 valence electrons. The molecule has 1 fully saturated rings. The molecule has 0 amide bonds. The van der Waals surface area contributed by atoms with Crippen molar-refractivity contribution in [2.45, 2.75) is 19.8 Å². The van der Waals surface area contributed by atoms with E-state index in [0.717, 1.165) is 53.0 Å². The molecular formula is C22H23N4OPS. The van der Waals surface area contributed by atoms with E-state index in [1.807, 2.05) is 6.20 Å². The van der Waals surface area contributed by atoms with Crippen molar-refractivity contribution in [2.24, 2.45) is 5.92 Å². The van der Waals surface area contributed by atoms with E-state index < -0.39 is 0 Å². The van der Waals surface area contributed by atoms with E-state index in [1.165, 1.54) is 22.9 Å². The predicted molar refractivity (Wildman–Crippen MR) is 123 cm³/mol. The molecule has 0 aliphatic carbocycles. The fraction of sp³-hybridized carbons (Fsp3) is 0.318. The van der Waals surface area contributed by atoms with Gasteiger partial charge in [0, 0.05) is 11.6 Å². The molecular weight excluding hydrogens is 399 g/mol. The number of fused-ring (bicyclic) bond motifs is 2. The highest BCUT2D eigenvalue weighted by Gasteiger charge is 2.15. The van der Waals surface area contributed by atoms with Crippen molar-refractivity contribution < 1.29 is 4.74 Å². The van der Waals surface area contributed by atoms with Gasteiger partial charge in [0.05, 0.1) is 22.3 Å². The minimum Gasteiger partial charge on any atom is -0.493 e. The fourth-order valence-electron chi connectivity index (χ4n) is 3.85. The van der Waals surface area contributed by atoms with Gasteiger partial charge in [-0.2, -0.15) is 0 Å². The topological polar surface area (TPSA) is 59.9 Å². The first kappa shape index (κ1) is 18.9. The summed E-state index contributed by atoms with van der Waals surface area (Å²) in [5.41, 5.74) is 3.70. The third-order valence-electron chi connectivity index (χ3n) is 5.51. The van der Waals surface area contributed by atoms with E-state index >= 15 is 0 Å². The maximum Gasteiger partial charge on any atom is 0.179 e. The Kier molecular flexibility index (Phi) is 5.17. The molecule has 1 N–H and O–H groups in total. The van der Waals surface area contributed by atoms with Crippen molar-refractivity contribution in [3.63, 3.8) is 0 Å². The average Bonchev–Trinajstić information content (AvgIpc) is 3.21. The van der Waals surface area contributed by atoms with Crippen molar-refractivity contribution >= 4 is 47.0 Å². The zero-order chi connectivity index (χ0) is 19.8. The summed E-state index contributed by atoms with van der Waals surface area (Å²) in [6, 6.07) is 8.30. The number of aromatic nitrogens is 3. The van der Waals surface area contributed by atoms with Gasteiger partial charge in [-0.1, -0.05) is 9.24 Å². The standard InChI is InChI=1S/C22H23N4OPS/c1-13-8-16(27-12-14-2-5-23-6-3-14)10-17-20(13)25-21(26-22(17)28)18-9-15-4-7-29-19(15)11-24-18/h4,7-11,14,23H,2-3,5-6,12,28H2,1H3. The monoisotopic (exact) mass is 422 g/mol. The second-order valence-corrected chi connectivity index (χ2v) is 9.10. The summed E-state index contributed by atoms with van der Waals surface area (Å²) in [5.74, 6) is 2.17. The average molecular weight is 422 g/mol. The summed E-state index contributed by atoms with van der Waals surface area (Å²) < 4.78 is 7.31. The summed E-state index contributed by atoms with van der Waals surface area (Å²) in [6.45, 7) is 5.02. The highest BCUT2D eigenvalue weighted by atomic mass is 32.1. The van der Waals surface area contributed by atoms with Gasteiger partial charge in [0.25, 0.3) is 0 Å². The summed E-state index contributed by atoms with van der Waals surface area (Å²) >= 11 is 1.69. The van der Waals surface area contributed by atoms with Gasteiger partial charge in [-0.15, -0.1) is 11.3 Å². The van der Waals surface area contributed by atoms with Crippen LogP contribution in [0.3, 0.4) is 0 Å². The molecule has 1 aliphatic rings. The number of rotatable bonds is 4. The van der Waals surface area contributed by atoms with Crippen molar-refractivity contribution in [1.29, 1.82) is 0 Å². The zero-order valence-corrected chi connectivity index (χ0v) is 18.3. The normalized spacial score (nSPS) is 15.2. The van der Waals surface area contributed by atoms with Gasteiger partial charge in [-0.25, -0.2) is 9.97 Å². The van der Waals surface area contributed by atoms with E-state index in [1.54, 1.807) is 11.3 Å². The number of hydrogen-bond acceptors (Lipinski definition) is 6. The smallest absolute Gasteiger partial charge is 0.179 e. The Labute approximate surface area is 176 Å². The van der Waals surface area contributed by atoms with Gasteiger partial charge in [-0.3, -0.25) is 4.98 Å². The number of hydrogen-bond donors (Lipinski definition) is 1. The lowest BCUT2D eigenvalue weighted by Crippen LogP contribution is -2.30. The van der Waals surface area contributed by atoms with Crippen LogP contribution in [-0.4, -0.2) is 34.6 Å². The van der Waals surface area contributed by atoms with Gasteiger partial charge in [0.15, 0.2) is 5.82 Å². The Morgan fingerprint density at radius 1 is 1.21 bits per heavy atom. The molecule has 5 nitrogen and oxygen atoms in total. The van der Waals surface area contributed by atoms with E-state index in [-0.39, 0.29) is 0 Å². The molecule has 0 radical (unpaired) electrons. The van der Waals surface area contributed by atoms with E-state index in [4.69, 9.17) is 14.7 Å². The van der Waals surface area contributed by atoms with Crippen molar-refractivity contribution in [1.82, 2.24) is 20.3 Å². The first-order valence-corrected chi connectivity index (χ1v) is 11.4. The summed E-state index contributed by atoms with van der Waals surface area (Å²) in [4.78, 5) is 14.1. The number of pyridine rings is 1. The second-order valence-electron chi connectivity index (χ2n) is 7.60. The zero-order valence-electron chi connectivity index (χ0n) is 16.3. The Morgan fingerprint density at radius 3 is 2.93 bits per heavy atom. The number of aryl methyl sites for hydroxylation is 1. The van der Waals surface area contributed by atoms with E-state index in [2.05, 4.69) is 56.1 Å². The molecule has 4 heterocycles. The Balaban J connectivity index is 1.47. The molecule has 1 unspecified atom stereocenters. The lowest BCUT2D eigenvalue weighted by molar-refractivity contribution is 0.215. The van der Waals surface area contributed by atoms with Gasteiger partial charge in [-0.05, 0) is 79.4 Å². The third-order valence-corrected chi connectivity index (χ3v) is 6.82. The van der Waals surface area contributed by atoms with Crippen LogP contribution in [0.25, 0.3) is 32.5 Å². The third kappa shape index (κ3) is 3.85. The first-order chi connectivity index (χ1) is 14.2. The molecule has 0 saturated carbocycles. The highest BCUT2D eigenvalue weighted by Crippen LogP contribution is 2.28. The molecule has 4 aromatic rings. The second kappa shape index (κ2) is 7.94. The predicted octanol–water partition coefficient (Wildman–Crippen LogP) is 4.09. The van der Waals surface area contributed by atoms with Crippen LogP contribution in [0.1, 0.15) is 18.4 Å². The van der Waals surface area contributed by atoms with Crippen LogP contribution in [0.2, 0.25) is 0 Å². The summed E-state index contributed by atoms with van der Waals surface area (Å²) in [7, 11) is 2.75. The quantitative estimate of drug-likeness (QED) is 0.502. The SMILES string of the molecule is Cc1cc(OCC2CCNCC2)cc2c(P)nc(-c3cc4ccsc4cn3)nc12. The lowest BCUT2D eigenvalue weighted by atomic mass is 9.99. The Hall–Kier alpha value is -2.14. The van der Waals surface area contributed by atoms with Crippen LogP contribution in [0.4, 0.5) is 0 Å². The Bertz CT molecular complexity index is 1190. The van der Waals surface area contributed by atoms with Crippen LogP contribution in [0, 0.1) is 12.8 Å². The molecule has 7 heteroatoms. The van der Waals surface area contributed by atoms with Gasteiger partial charge >= 0.3 is 0 Å². The van der Waals surface area contributed by atoms with Crippen LogP contribution in [0.15, 0.2) is 35.8 Å². The minimum absolute atomic E-state index is 0.624. The number of nitrogens with zero attached hydrogens (tertiary/aromatic N) is 3. The van der Waals surface area contributed by atoms with Crippen molar-refractivity contribution in [3.05, 3.63) is 41.4 Å². The van der Waals surface area contributed by atoms with Crippen LogP contribution in [0.5, 0.6) is 5.75 Å². The lowest BCUT2D eigenvalue weighted by Gasteiger charge is -2.22. The number of piperidine rings is 1. The maximum absolute atomic E-state index is 6.14. The number of nitrogens with one attached hydrogen (secondary N) is 1. The molecule has 0 spiro atoms. The summed E-state index contributed by atoms with van der Waals surface area (Å²) in [5, 5.41) is 7.66. The maximum atomic E-state index is 6.14. The van der Waals surface area contributed by atoms with Crippen molar-refractivity contribution in [2.75, 3.05) is 19.7 Å². The fourth-order valence-corrected chi connectivity index (χ4v) is 4.93. The molecule has 5 rings (SSSR count). The number of thiophene rings is 1. The highest BCUT2D eigenvalue weighted by molar-refractivity contribution is 7.27. The van der Waals surface area contributed by atoms with Crippen LogP contribution in [-0.2, 0) is 0 Å². The van der Waals surface area contributed by atoms with Gasteiger partial charge < -0.3 is 10.1 Å². The van der Waals surface area contributed by atoms with E-state index in [9.17, 15) is 0 Å². The molecule has 1 aliphatic heterocycles. The minimum atomic E-state index is 0.624. The Morgan fingerprint density at radius 2 is 2.07 bits per heavy atom. The molecule has 1 aromatic carbocycles. The van der Waals surface area contributed by atoms with Crippen LogP contribution >= 0.6 is 20.6 Å². The molecule has 1 saturated heterocycles. The molecule has 3 aromatic heterocycles.